The second-order valence-electron chi connectivity index (χ2n) is 4.56. The molecule has 0 saturated heterocycles. The van der Waals surface area contributed by atoms with Gasteiger partial charge in [0.25, 0.3) is 5.56 Å². The lowest BCUT2D eigenvalue weighted by atomic mass is 10.2. The fourth-order valence-electron chi connectivity index (χ4n) is 1.83. The highest BCUT2D eigenvalue weighted by Crippen LogP contribution is 2.12. The average Bonchev–Trinajstić information content (AvgIpc) is 2.43. The lowest BCUT2D eigenvalue weighted by Crippen LogP contribution is -2.28. The van der Waals surface area contributed by atoms with E-state index in [0.29, 0.717) is 6.42 Å². The first-order valence-corrected chi connectivity index (χ1v) is 6.51. The normalized spacial score (nSPS) is 10.3. The zero-order valence-electron chi connectivity index (χ0n) is 11.6. The van der Waals surface area contributed by atoms with Gasteiger partial charge in [-0.1, -0.05) is 25.1 Å². The zero-order valence-corrected chi connectivity index (χ0v) is 11.6. The minimum absolute atomic E-state index is 0.0375. The molecule has 0 aliphatic heterocycles. The van der Waals surface area contributed by atoms with Gasteiger partial charge in [-0.3, -0.25) is 14.2 Å². The molecule has 0 radical (unpaired) electrons. The molecule has 1 heterocycles. The van der Waals surface area contributed by atoms with Gasteiger partial charge in [-0.2, -0.15) is 0 Å². The molecular weight excluding hydrogens is 254 g/mol. The van der Waals surface area contributed by atoms with Gasteiger partial charge >= 0.3 is 0 Å². The summed E-state index contributed by atoms with van der Waals surface area (Å²) in [7, 11) is 0. The first-order chi connectivity index (χ1) is 9.60. The van der Waals surface area contributed by atoms with Crippen molar-refractivity contribution < 1.29 is 4.79 Å². The predicted octanol–water partition coefficient (Wildman–Crippen LogP) is 1.75. The number of aromatic nitrogens is 2. The van der Waals surface area contributed by atoms with Crippen molar-refractivity contribution in [3.8, 4) is 0 Å². The molecular formula is C15H17N3O2. The molecule has 1 N–H and O–H groups in total. The molecule has 0 spiro atoms. The topological polar surface area (TPSA) is 64.0 Å². The van der Waals surface area contributed by atoms with Crippen molar-refractivity contribution in [1.29, 1.82) is 0 Å². The van der Waals surface area contributed by atoms with E-state index in [2.05, 4.69) is 10.3 Å². The zero-order chi connectivity index (χ0) is 14.5. The number of anilines is 1. The summed E-state index contributed by atoms with van der Waals surface area (Å²) in [6.07, 6.45) is 2.12. The fourth-order valence-corrected chi connectivity index (χ4v) is 1.83. The minimum Gasteiger partial charge on any atom is -0.324 e. The van der Waals surface area contributed by atoms with Gasteiger partial charge in [0, 0.05) is 17.4 Å². The van der Waals surface area contributed by atoms with Gasteiger partial charge in [0.15, 0.2) is 0 Å². The Kier molecular flexibility index (Phi) is 4.30. The van der Waals surface area contributed by atoms with Gasteiger partial charge in [-0.25, -0.2) is 4.98 Å². The molecule has 1 aromatic carbocycles. The van der Waals surface area contributed by atoms with Crippen molar-refractivity contribution in [1.82, 2.24) is 9.55 Å². The number of nitrogens with zero attached hydrogens (tertiary/aromatic N) is 2. The van der Waals surface area contributed by atoms with Gasteiger partial charge in [-0.15, -0.1) is 0 Å². The maximum Gasteiger partial charge on any atom is 0.253 e. The smallest absolute Gasteiger partial charge is 0.253 e. The number of hydrogen-bond acceptors (Lipinski definition) is 3. The molecule has 0 aliphatic rings. The first-order valence-electron chi connectivity index (χ1n) is 6.51. The molecule has 2 aromatic rings. The minimum atomic E-state index is -0.243. The van der Waals surface area contributed by atoms with Gasteiger partial charge in [-0.05, 0) is 25.0 Å². The highest BCUT2D eigenvalue weighted by Gasteiger charge is 2.07. The Morgan fingerprint density at radius 3 is 2.75 bits per heavy atom. The summed E-state index contributed by atoms with van der Waals surface area (Å²) in [5, 5.41) is 2.79. The van der Waals surface area contributed by atoms with Gasteiger partial charge in [0.1, 0.15) is 6.54 Å². The van der Waals surface area contributed by atoms with Crippen LogP contribution >= 0.6 is 0 Å². The van der Waals surface area contributed by atoms with Crippen LogP contribution in [0.3, 0.4) is 0 Å². The maximum atomic E-state index is 11.9. The third-order valence-corrected chi connectivity index (χ3v) is 3.03. The number of carbonyl (C=O) groups is 1. The van der Waals surface area contributed by atoms with Crippen LogP contribution in [0.2, 0.25) is 0 Å². The van der Waals surface area contributed by atoms with Crippen molar-refractivity contribution in [2.75, 3.05) is 5.32 Å². The lowest BCUT2D eigenvalue weighted by Gasteiger charge is -2.09. The number of aryl methyl sites for hydroxylation is 2. The van der Waals surface area contributed by atoms with Crippen molar-refractivity contribution in [3.63, 3.8) is 0 Å². The van der Waals surface area contributed by atoms with E-state index >= 15 is 0 Å². The Labute approximate surface area is 117 Å². The molecule has 0 fully saturated rings. The van der Waals surface area contributed by atoms with Crippen LogP contribution in [0.15, 0.2) is 41.5 Å². The van der Waals surface area contributed by atoms with Crippen molar-refractivity contribution in [3.05, 3.63) is 58.3 Å². The van der Waals surface area contributed by atoms with Gasteiger partial charge < -0.3 is 5.32 Å². The lowest BCUT2D eigenvalue weighted by molar-refractivity contribution is -0.116. The van der Waals surface area contributed by atoms with E-state index in [1.54, 1.807) is 0 Å². The number of nitrogens with one attached hydrogen (secondary N) is 1. The molecule has 104 valence electrons. The van der Waals surface area contributed by atoms with Gasteiger partial charge in [0.2, 0.25) is 5.91 Å². The third-order valence-electron chi connectivity index (χ3n) is 3.03. The molecule has 1 aromatic heterocycles. The van der Waals surface area contributed by atoms with Crippen molar-refractivity contribution >= 4 is 11.6 Å². The summed E-state index contributed by atoms with van der Waals surface area (Å²) in [5.74, 6) is -0.243. The second-order valence-corrected chi connectivity index (χ2v) is 4.56. The summed E-state index contributed by atoms with van der Waals surface area (Å²) >= 11 is 0. The van der Waals surface area contributed by atoms with E-state index in [1.165, 1.54) is 17.0 Å². The Morgan fingerprint density at radius 2 is 2.10 bits per heavy atom. The summed E-state index contributed by atoms with van der Waals surface area (Å²) < 4.78 is 1.30. The summed E-state index contributed by atoms with van der Waals surface area (Å²) in [4.78, 5) is 27.9. The molecule has 0 bridgehead atoms. The summed E-state index contributed by atoms with van der Waals surface area (Å²) in [5.41, 5.74) is 2.25. The molecule has 0 saturated carbocycles. The van der Waals surface area contributed by atoms with E-state index in [4.69, 9.17) is 0 Å². The highest BCUT2D eigenvalue weighted by molar-refractivity contribution is 5.91. The number of amides is 1. The predicted molar refractivity (Wildman–Crippen MR) is 77.7 cm³/mol. The van der Waals surface area contributed by atoms with Gasteiger partial charge in [0.05, 0.1) is 6.33 Å². The third kappa shape index (κ3) is 3.32. The molecule has 0 unspecified atom stereocenters. The van der Waals surface area contributed by atoms with Crippen LogP contribution < -0.4 is 10.9 Å². The Bertz CT molecular complexity index is 677. The SMILES string of the molecule is CCc1cc(=O)n(CC(=O)Nc2ccccc2C)cn1. The van der Waals surface area contributed by atoms with Crippen LogP contribution in [0.5, 0.6) is 0 Å². The molecule has 0 aliphatic carbocycles. The Morgan fingerprint density at radius 1 is 1.35 bits per heavy atom. The van der Waals surface area contributed by atoms with E-state index in [9.17, 15) is 9.59 Å². The molecule has 1 amide bonds. The molecule has 0 atom stereocenters. The highest BCUT2D eigenvalue weighted by atomic mass is 16.2. The number of rotatable bonds is 4. The largest absolute Gasteiger partial charge is 0.324 e. The molecule has 5 heteroatoms. The quantitative estimate of drug-likeness (QED) is 0.921. The second kappa shape index (κ2) is 6.14. The van der Waals surface area contributed by atoms with Crippen LogP contribution in [0, 0.1) is 6.92 Å². The first kappa shape index (κ1) is 14.0. The number of benzene rings is 1. The standard InChI is InChI=1S/C15H17N3O2/c1-3-12-8-15(20)18(10-16-12)9-14(19)17-13-7-5-4-6-11(13)2/h4-8,10H,3,9H2,1-2H3,(H,17,19). The average molecular weight is 271 g/mol. The van der Waals surface area contributed by atoms with E-state index in [-0.39, 0.29) is 18.0 Å². The van der Waals surface area contributed by atoms with Crippen LogP contribution in [-0.4, -0.2) is 15.5 Å². The number of carbonyl (C=O) groups excluding carboxylic acids is 1. The number of hydrogen-bond donors (Lipinski definition) is 1. The van der Waals surface area contributed by atoms with Crippen LogP contribution in [0.1, 0.15) is 18.2 Å². The molecule has 20 heavy (non-hydrogen) atoms. The van der Waals surface area contributed by atoms with E-state index in [1.807, 2.05) is 38.1 Å². The van der Waals surface area contributed by atoms with E-state index < -0.39 is 0 Å². The molecule has 5 nitrogen and oxygen atoms in total. The Balaban J connectivity index is 2.09. The fraction of sp³-hybridized carbons (Fsp3) is 0.267. The van der Waals surface area contributed by atoms with E-state index in [0.717, 1.165) is 16.9 Å². The van der Waals surface area contributed by atoms with Crippen LogP contribution in [0.4, 0.5) is 5.69 Å². The maximum absolute atomic E-state index is 11.9. The number of para-hydroxylation sites is 1. The monoisotopic (exact) mass is 271 g/mol. The van der Waals surface area contributed by atoms with Crippen molar-refractivity contribution in [2.24, 2.45) is 0 Å². The summed E-state index contributed by atoms with van der Waals surface area (Å²) in [6.45, 7) is 3.81. The Hall–Kier alpha value is -2.43. The molecule has 2 rings (SSSR count). The van der Waals surface area contributed by atoms with Crippen molar-refractivity contribution in [2.45, 2.75) is 26.8 Å². The van der Waals surface area contributed by atoms with Crippen LogP contribution in [-0.2, 0) is 17.8 Å². The summed E-state index contributed by atoms with van der Waals surface area (Å²) in [6, 6.07) is 8.96. The van der Waals surface area contributed by atoms with Crippen LogP contribution in [0.25, 0.3) is 0 Å².